The minimum absolute atomic E-state index is 0.0846. The van der Waals surface area contributed by atoms with Crippen LogP contribution in [0.15, 0.2) is 12.2 Å². The normalized spacial score (nSPS) is 35.7. The topological polar surface area (TPSA) is 66.8 Å². The van der Waals surface area contributed by atoms with Crippen molar-refractivity contribution in [2.75, 3.05) is 0 Å². The van der Waals surface area contributed by atoms with Crippen molar-refractivity contribution in [3.63, 3.8) is 0 Å². The van der Waals surface area contributed by atoms with Crippen LogP contribution in [0.1, 0.15) is 39.0 Å². The van der Waals surface area contributed by atoms with Gasteiger partial charge in [0, 0.05) is 6.08 Å². The van der Waals surface area contributed by atoms with Crippen LogP contribution >= 0.6 is 0 Å². The fraction of sp³-hybridized carbons (Fsp3) is 0.750. The Labute approximate surface area is 95.9 Å². The molecule has 0 radical (unpaired) electrons. The van der Waals surface area contributed by atoms with Crippen molar-refractivity contribution >= 4 is 5.97 Å². The zero-order valence-corrected chi connectivity index (χ0v) is 9.63. The maximum absolute atomic E-state index is 11.3. The maximum Gasteiger partial charge on any atom is 0.330 e. The molecule has 0 bridgehead atoms. The lowest BCUT2D eigenvalue weighted by atomic mass is 10.0. The van der Waals surface area contributed by atoms with Crippen molar-refractivity contribution in [2.45, 2.75) is 57.3 Å². The van der Waals surface area contributed by atoms with E-state index < -0.39 is 18.2 Å². The van der Waals surface area contributed by atoms with E-state index in [0.717, 1.165) is 25.7 Å². The van der Waals surface area contributed by atoms with E-state index in [-0.39, 0.29) is 6.10 Å². The molecule has 92 valence electrons. The first-order chi connectivity index (χ1) is 7.59. The van der Waals surface area contributed by atoms with Crippen molar-refractivity contribution in [1.82, 2.24) is 0 Å². The minimum atomic E-state index is -0.984. The van der Waals surface area contributed by atoms with Crippen LogP contribution in [0.3, 0.4) is 0 Å². The summed E-state index contributed by atoms with van der Waals surface area (Å²) in [7, 11) is 0. The first-order valence-corrected chi connectivity index (χ1v) is 5.84. The summed E-state index contributed by atoms with van der Waals surface area (Å²) in [5.74, 6) is -0.459. The van der Waals surface area contributed by atoms with E-state index in [1.165, 1.54) is 12.2 Å². The molecule has 0 aliphatic carbocycles. The third kappa shape index (κ3) is 4.77. The van der Waals surface area contributed by atoms with Crippen LogP contribution in [0.4, 0.5) is 0 Å². The van der Waals surface area contributed by atoms with Gasteiger partial charge in [0.2, 0.25) is 0 Å². The molecule has 0 amide bonds. The van der Waals surface area contributed by atoms with Gasteiger partial charge >= 0.3 is 5.97 Å². The number of aliphatic hydroxyl groups excluding tert-OH is 2. The molecule has 1 aliphatic heterocycles. The first kappa shape index (κ1) is 13.2. The number of hydrogen-bond donors (Lipinski definition) is 2. The summed E-state index contributed by atoms with van der Waals surface area (Å²) in [5, 5.41) is 19.0. The van der Waals surface area contributed by atoms with Crippen LogP contribution in [0.5, 0.6) is 0 Å². The van der Waals surface area contributed by atoms with Crippen LogP contribution in [-0.2, 0) is 9.53 Å². The molecule has 3 atom stereocenters. The van der Waals surface area contributed by atoms with Crippen LogP contribution in [0.2, 0.25) is 0 Å². The van der Waals surface area contributed by atoms with Gasteiger partial charge in [0.15, 0.2) is 0 Å². The summed E-state index contributed by atoms with van der Waals surface area (Å²) in [4.78, 5) is 11.3. The Morgan fingerprint density at radius 1 is 1.25 bits per heavy atom. The molecule has 0 fully saturated rings. The third-order valence-corrected chi connectivity index (χ3v) is 2.75. The summed E-state index contributed by atoms with van der Waals surface area (Å²) < 4.78 is 5.09. The molecular weight excluding hydrogens is 208 g/mol. The van der Waals surface area contributed by atoms with Crippen molar-refractivity contribution in [3.8, 4) is 0 Å². The second-order valence-corrected chi connectivity index (χ2v) is 4.30. The average Bonchev–Trinajstić information content (AvgIpc) is 2.23. The fourth-order valence-corrected chi connectivity index (χ4v) is 1.73. The molecule has 4 heteroatoms. The summed E-state index contributed by atoms with van der Waals surface area (Å²) in [6.07, 6.45) is 4.87. The highest BCUT2D eigenvalue weighted by Crippen LogP contribution is 2.13. The molecule has 0 aromatic carbocycles. The van der Waals surface area contributed by atoms with E-state index in [2.05, 4.69) is 0 Å². The zero-order valence-electron chi connectivity index (χ0n) is 9.63. The van der Waals surface area contributed by atoms with Crippen molar-refractivity contribution < 1.29 is 19.7 Å². The minimum Gasteiger partial charge on any atom is -0.460 e. The second kappa shape index (κ2) is 6.66. The van der Waals surface area contributed by atoms with E-state index in [1.54, 1.807) is 0 Å². The maximum atomic E-state index is 11.3. The number of hydrogen-bond acceptors (Lipinski definition) is 4. The molecule has 0 saturated heterocycles. The molecule has 0 aromatic heterocycles. The van der Waals surface area contributed by atoms with Crippen LogP contribution < -0.4 is 0 Å². The summed E-state index contributed by atoms with van der Waals surface area (Å²) in [6.45, 7) is 1.86. The molecule has 1 aliphatic rings. The molecule has 1 rings (SSSR count). The van der Waals surface area contributed by atoms with Gasteiger partial charge in [-0.05, 0) is 32.3 Å². The Kier molecular flexibility index (Phi) is 5.49. The Hall–Kier alpha value is -0.870. The van der Waals surface area contributed by atoms with E-state index in [0.29, 0.717) is 6.42 Å². The SMILES string of the molecule is C[C@H]1CCCCC[C@H](O)[C@@H](O)/C=C/C(=O)O1. The third-order valence-electron chi connectivity index (χ3n) is 2.75. The number of carbonyl (C=O) groups is 1. The average molecular weight is 228 g/mol. The molecule has 0 unspecified atom stereocenters. The van der Waals surface area contributed by atoms with Gasteiger partial charge in [-0.3, -0.25) is 0 Å². The monoisotopic (exact) mass is 228 g/mol. The largest absolute Gasteiger partial charge is 0.460 e. The molecule has 2 N–H and O–H groups in total. The van der Waals surface area contributed by atoms with E-state index in [4.69, 9.17) is 4.74 Å². The predicted molar refractivity (Wildman–Crippen MR) is 59.8 cm³/mol. The molecule has 0 spiro atoms. The Morgan fingerprint density at radius 3 is 2.69 bits per heavy atom. The number of cyclic esters (lactones) is 1. The highest BCUT2D eigenvalue weighted by molar-refractivity contribution is 5.82. The van der Waals surface area contributed by atoms with E-state index in [1.807, 2.05) is 6.92 Å². The molecular formula is C12H20O4. The van der Waals surface area contributed by atoms with Gasteiger partial charge in [0.25, 0.3) is 0 Å². The Bertz CT molecular complexity index is 249. The standard InChI is InChI=1S/C12H20O4/c1-9-5-3-2-4-6-10(13)11(14)7-8-12(15)16-9/h7-11,13-14H,2-6H2,1H3/b8-7+/t9-,10-,11-/m0/s1. The Morgan fingerprint density at radius 2 is 1.94 bits per heavy atom. The second-order valence-electron chi connectivity index (χ2n) is 4.30. The predicted octanol–water partition coefficient (Wildman–Crippen LogP) is 1.16. The Balaban J connectivity index is 2.58. The van der Waals surface area contributed by atoms with Gasteiger partial charge in [-0.25, -0.2) is 4.79 Å². The molecule has 0 aromatic rings. The number of esters is 1. The number of rotatable bonds is 0. The van der Waals surface area contributed by atoms with Crippen LogP contribution in [0.25, 0.3) is 0 Å². The number of carbonyl (C=O) groups excluding carboxylic acids is 1. The smallest absolute Gasteiger partial charge is 0.330 e. The van der Waals surface area contributed by atoms with Gasteiger partial charge in [0.05, 0.1) is 18.3 Å². The fourth-order valence-electron chi connectivity index (χ4n) is 1.73. The van der Waals surface area contributed by atoms with Crippen molar-refractivity contribution in [1.29, 1.82) is 0 Å². The lowest BCUT2D eigenvalue weighted by Gasteiger charge is -2.16. The highest BCUT2D eigenvalue weighted by Gasteiger charge is 2.15. The summed E-state index contributed by atoms with van der Waals surface area (Å²) in [5.41, 5.74) is 0. The molecule has 0 saturated carbocycles. The summed E-state index contributed by atoms with van der Waals surface area (Å²) in [6, 6.07) is 0. The summed E-state index contributed by atoms with van der Waals surface area (Å²) >= 11 is 0. The van der Waals surface area contributed by atoms with E-state index >= 15 is 0 Å². The van der Waals surface area contributed by atoms with Gasteiger partial charge in [-0.15, -0.1) is 0 Å². The molecule has 16 heavy (non-hydrogen) atoms. The number of ether oxygens (including phenoxy) is 1. The lowest BCUT2D eigenvalue weighted by molar-refractivity contribution is -0.142. The highest BCUT2D eigenvalue weighted by atomic mass is 16.5. The first-order valence-electron chi connectivity index (χ1n) is 5.84. The molecule has 1 heterocycles. The molecule has 4 nitrogen and oxygen atoms in total. The van der Waals surface area contributed by atoms with Crippen molar-refractivity contribution in [3.05, 3.63) is 12.2 Å². The van der Waals surface area contributed by atoms with Gasteiger partial charge in [0.1, 0.15) is 0 Å². The quantitative estimate of drug-likeness (QED) is 0.611. The van der Waals surface area contributed by atoms with Crippen LogP contribution in [0, 0.1) is 0 Å². The van der Waals surface area contributed by atoms with Crippen LogP contribution in [-0.4, -0.2) is 34.5 Å². The zero-order chi connectivity index (χ0) is 12.0. The van der Waals surface area contributed by atoms with Gasteiger partial charge < -0.3 is 14.9 Å². The van der Waals surface area contributed by atoms with Gasteiger partial charge in [-0.1, -0.05) is 12.8 Å². The van der Waals surface area contributed by atoms with E-state index in [9.17, 15) is 15.0 Å². The lowest BCUT2D eigenvalue weighted by Crippen LogP contribution is -2.24. The number of aliphatic hydroxyl groups is 2. The van der Waals surface area contributed by atoms with Gasteiger partial charge in [-0.2, -0.15) is 0 Å². The van der Waals surface area contributed by atoms with Crippen molar-refractivity contribution in [2.24, 2.45) is 0 Å².